The van der Waals surface area contributed by atoms with E-state index in [1.165, 1.54) is 7.11 Å². The second-order valence-electron chi connectivity index (χ2n) is 3.71. The topological polar surface area (TPSA) is 46.5 Å². The van der Waals surface area contributed by atoms with Gasteiger partial charge in [-0.1, -0.05) is 23.8 Å². The fourth-order valence-corrected chi connectivity index (χ4v) is 0.871. The van der Waals surface area contributed by atoms with Gasteiger partial charge in [-0.25, -0.2) is 0 Å². The van der Waals surface area contributed by atoms with E-state index >= 15 is 0 Å². The summed E-state index contributed by atoms with van der Waals surface area (Å²) in [5.41, 5.74) is -0.00547. The molecule has 1 atom stereocenters. The lowest BCUT2D eigenvalue weighted by atomic mass is 10.0. The fraction of sp³-hybridized carbons (Fsp3) is 0.545. The van der Waals surface area contributed by atoms with Crippen molar-refractivity contribution in [2.75, 3.05) is 7.11 Å². The molecule has 0 amide bonds. The van der Waals surface area contributed by atoms with Gasteiger partial charge < -0.3 is 9.84 Å². The first-order valence-corrected chi connectivity index (χ1v) is 4.49. The fourth-order valence-electron chi connectivity index (χ4n) is 0.871. The molecule has 0 radical (unpaired) electrons. The van der Waals surface area contributed by atoms with Crippen LogP contribution in [0, 0.1) is 0 Å². The first-order chi connectivity index (χ1) is 6.37. The number of carbonyl (C=O) groups excluding carboxylic acids is 1. The summed E-state index contributed by atoms with van der Waals surface area (Å²) in [6.07, 6.45) is 5.15. The Hall–Kier alpha value is -1.09. The lowest BCUT2D eigenvalue weighted by Gasteiger charge is -2.16. The molecule has 0 rings (SSSR count). The van der Waals surface area contributed by atoms with Crippen LogP contribution < -0.4 is 0 Å². The van der Waals surface area contributed by atoms with Gasteiger partial charge in [-0.05, 0) is 20.8 Å². The van der Waals surface area contributed by atoms with Gasteiger partial charge in [0.1, 0.15) is 0 Å². The molecule has 0 aromatic heterocycles. The van der Waals surface area contributed by atoms with Crippen LogP contribution in [-0.2, 0) is 9.53 Å². The van der Waals surface area contributed by atoms with Gasteiger partial charge in [0, 0.05) is 0 Å². The number of rotatable bonds is 4. The van der Waals surface area contributed by atoms with Gasteiger partial charge in [-0.2, -0.15) is 0 Å². The van der Waals surface area contributed by atoms with Crippen molar-refractivity contribution in [2.24, 2.45) is 0 Å². The SMILES string of the molecule is COC(=O)CC(C)(O)/C=C/C=C(C)C. The second-order valence-corrected chi connectivity index (χ2v) is 3.71. The molecule has 0 aromatic carbocycles. The maximum absolute atomic E-state index is 10.9. The lowest BCUT2D eigenvalue weighted by molar-refractivity contribution is -0.144. The van der Waals surface area contributed by atoms with Gasteiger partial charge in [0.25, 0.3) is 0 Å². The van der Waals surface area contributed by atoms with Crippen molar-refractivity contribution in [3.63, 3.8) is 0 Å². The number of aliphatic hydroxyl groups is 1. The minimum atomic E-state index is -1.14. The van der Waals surface area contributed by atoms with E-state index in [1.54, 1.807) is 19.1 Å². The summed E-state index contributed by atoms with van der Waals surface area (Å²) in [6, 6.07) is 0. The zero-order valence-electron chi connectivity index (χ0n) is 9.20. The van der Waals surface area contributed by atoms with Crippen molar-refractivity contribution in [1.82, 2.24) is 0 Å². The number of hydrogen-bond acceptors (Lipinski definition) is 3. The van der Waals surface area contributed by atoms with Crippen molar-refractivity contribution in [2.45, 2.75) is 32.8 Å². The summed E-state index contributed by atoms with van der Waals surface area (Å²) in [5, 5.41) is 9.71. The average Bonchev–Trinajstić information content (AvgIpc) is 2.02. The maximum atomic E-state index is 10.9. The number of ether oxygens (including phenoxy) is 1. The van der Waals surface area contributed by atoms with E-state index in [0.717, 1.165) is 5.57 Å². The Bertz CT molecular complexity index is 245. The van der Waals surface area contributed by atoms with Crippen LogP contribution in [0.25, 0.3) is 0 Å². The normalized spacial score (nSPS) is 14.9. The van der Waals surface area contributed by atoms with Gasteiger partial charge in [-0.3, -0.25) is 4.79 Å². The Morgan fingerprint density at radius 1 is 1.50 bits per heavy atom. The molecule has 0 aliphatic heterocycles. The molecule has 3 heteroatoms. The molecule has 0 bridgehead atoms. The Kier molecular flexibility index (Phi) is 5.16. The maximum Gasteiger partial charge on any atom is 0.308 e. The van der Waals surface area contributed by atoms with Crippen LogP contribution in [0.1, 0.15) is 27.2 Å². The second kappa shape index (κ2) is 5.60. The monoisotopic (exact) mass is 198 g/mol. The molecule has 1 N–H and O–H groups in total. The van der Waals surface area contributed by atoms with Crippen molar-refractivity contribution in [3.8, 4) is 0 Å². The molecule has 0 heterocycles. The Balaban J connectivity index is 4.26. The number of carbonyl (C=O) groups is 1. The smallest absolute Gasteiger partial charge is 0.308 e. The highest BCUT2D eigenvalue weighted by Crippen LogP contribution is 2.12. The third-order valence-electron chi connectivity index (χ3n) is 1.61. The first-order valence-electron chi connectivity index (χ1n) is 4.49. The van der Waals surface area contributed by atoms with Crippen molar-refractivity contribution >= 4 is 5.97 Å². The number of methoxy groups -OCH3 is 1. The molecule has 0 saturated carbocycles. The number of esters is 1. The predicted molar refractivity (Wildman–Crippen MR) is 55.8 cm³/mol. The molecular formula is C11H18O3. The Morgan fingerprint density at radius 2 is 2.07 bits per heavy atom. The molecule has 1 unspecified atom stereocenters. The van der Waals surface area contributed by atoms with E-state index in [2.05, 4.69) is 4.74 Å². The molecule has 3 nitrogen and oxygen atoms in total. The van der Waals surface area contributed by atoms with Crippen molar-refractivity contribution < 1.29 is 14.6 Å². The van der Waals surface area contributed by atoms with Gasteiger partial charge in [0.15, 0.2) is 0 Å². The van der Waals surface area contributed by atoms with Crippen LogP contribution in [0.2, 0.25) is 0 Å². The van der Waals surface area contributed by atoms with E-state index in [0.29, 0.717) is 0 Å². The molecule has 0 saturated heterocycles. The first kappa shape index (κ1) is 12.9. The van der Waals surface area contributed by atoms with Gasteiger partial charge in [0.05, 0.1) is 19.1 Å². The minimum Gasteiger partial charge on any atom is -0.469 e. The quantitative estimate of drug-likeness (QED) is 0.553. The van der Waals surface area contributed by atoms with Crippen LogP contribution in [-0.4, -0.2) is 23.8 Å². The van der Waals surface area contributed by atoms with Crippen LogP contribution in [0.5, 0.6) is 0 Å². The van der Waals surface area contributed by atoms with Crippen LogP contribution in [0.15, 0.2) is 23.8 Å². The predicted octanol–water partition coefficient (Wildman–Crippen LogP) is 1.82. The minimum absolute atomic E-state index is 0.0311. The van der Waals surface area contributed by atoms with Gasteiger partial charge in [0.2, 0.25) is 0 Å². The van der Waals surface area contributed by atoms with Crippen LogP contribution in [0.4, 0.5) is 0 Å². The molecule has 0 aliphatic rings. The highest BCUT2D eigenvalue weighted by atomic mass is 16.5. The van der Waals surface area contributed by atoms with Gasteiger partial charge >= 0.3 is 5.97 Å². The summed E-state index contributed by atoms with van der Waals surface area (Å²) in [7, 11) is 1.30. The largest absolute Gasteiger partial charge is 0.469 e. The lowest BCUT2D eigenvalue weighted by Crippen LogP contribution is -2.25. The number of allylic oxidation sites excluding steroid dienone is 3. The molecule has 80 valence electrons. The van der Waals surface area contributed by atoms with E-state index in [9.17, 15) is 9.90 Å². The van der Waals surface area contributed by atoms with Gasteiger partial charge in [-0.15, -0.1) is 0 Å². The molecule has 0 aliphatic carbocycles. The summed E-state index contributed by atoms with van der Waals surface area (Å²) in [4.78, 5) is 10.9. The summed E-state index contributed by atoms with van der Waals surface area (Å²) >= 11 is 0. The van der Waals surface area contributed by atoms with E-state index < -0.39 is 11.6 Å². The Labute approximate surface area is 85.1 Å². The zero-order valence-corrected chi connectivity index (χ0v) is 9.20. The average molecular weight is 198 g/mol. The van der Waals surface area contributed by atoms with Crippen LogP contribution >= 0.6 is 0 Å². The Morgan fingerprint density at radius 3 is 2.50 bits per heavy atom. The number of hydrogen-bond donors (Lipinski definition) is 1. The molecule has 14 heavy (non-hydrogen) atoms. The molecule has 0 fully saturated rings. The van der Waals surface area contributed by atoms with E-state index in [1.807, 2.05) is 19.9 Å². The van der Waals surface area contributed by atoms with Crippen molar-refractivity contribution in [1.29, 1.82) is 0 Å². The third-order valence-corrected chi connectivity index (χ3v) is 1.61. The summed E-state index contributed by atoms with van der Waals surface area (Å²) in [5.74, 6) is -0.420. The third kappa shape index (κ3) is 6.43. The highest BCUT2D eigenvalue weighted by Gasteiger charge is 2.20. The zero-order chi connectivity index (χ0) is 11.2. The summed E-state index contributed by atoms with van der Waals surface area (Å²) < 4.78 is 4.47. The summed E-state index contributed by atoms with van der Waals surface area (Å²) in [6.45, 7) is 5.48. The highest BCUT2D eigenvalue weighted by molar-refractivity contribution is 5.70. The van der Waals surface area contributed by atoms with Crippen LogP contribution in [0.3, 0.4) is 0 Å². The van der Waals surface area contributed by atoms with E-state index in [4.69, 9.17) is 0 Å². The molecule has 0 spiro atoms. The molecule has 0 aromatic rings. The van der Waals surface area contributed by atoms with Crippen molar-refractivity contribution in [3.05, 3.63) is 23.8 Å². The van der Waals surface area contributed by atoms with E-state index in [-0.39, 0.29) is 6.42 Å². The standard InChI is InChI=1S/C11H18O3/c1-9(2)6-5-7-11(3,13)8-10(12)14-4/h5-7,13H,8H2,1-4H3/b7-5+. The molecular weight excluding hydrogens is 180 g/mol.